The lowest BCUT2D eigenvalue weighted by Crippen LogP contribution is -2.43. The van der Waals surface area contributed by atoms with Gasteiger partial charge in [0.25, 0.3) is 0 Å². The van der Waals surface area contributed by atoms with Gasteiger partial charge in [-0.15, -0.1) is 0 Å². The molecule has 0 fully saturated rings. The van der Waals surface area contributed by atoms with Gasteiger partial charge in [-0.1, -0.05) is 6.92 Å². The molecule has 0 heterocycles. The van der Waals surface area contributed by atoms with Crippen molar-refractivity contribution >= 4 is 5.91 Å². The zero-order valence-corrected chi connectivity index (χ0v) is 12.0. The van der Waals surface area contributed by atoms with Crippen LogP contribution in [0, 0.1) is 5.92 Å². The Morgan fingerprint density at radius 3 is 1.94 bits per heavy atom. The van der Waals surface area contributed by atoms with Crippen molar-refractivity contribution in [3.05, 3.63) is 0 Å². The summed E-state index contributed by atoms with van der Waals surface area (Å²) >= 11 is 0. The lowest BCUT2D eigenvalue weighted by atomic mass is 9.90. The van der Waals surface area contributed by atoms with Crippen molar-refractivity contribution in [3.8, 4) is 0 Å². The van der Waals surface area contributed by atoms with Crippen LogP contribution in [-0.4, -0.2) is 48.4 Å². The number of carbonyl (C=O) groups excluding carboxylic acids is 1. The van der Waals surface area contributed by atoms with Crippen LogP contribution in [0.5, 0.6) is 0 Å². The lowest BCUT2D eigenvalue weighted by Gasteiger charge is -2.35. The summed E-state index contributed by atoms with van der Waals surface area (Å²) in [6, 6.07) is 0. The van der Waals surface area contributed by atoms with E-state index in [1.807, 2.05) is 25.7 Å². The maximum atomic E-state index is 12.1. The van der Waals surface area contributed by atoms with Gasteiger partial charge in [-0.25, -0.2) is 0 Å². The Labute approximate surface area is 101 Å². The molecule has 0 aliphatic rings. The summed E-state index contributed by atoms with van der Waals surface area (Å²) in [6.45, 7) is 12.1. The van der Waals surface area contributed by atoms with Crippen LogP contribution in [0.4, 0.5) is 0 Å². The molecule has 0 aromatic rings. The molecule has 0 N–H and O–H groups in total. The van der Waals surface area contributed by atoms with E-state index in [4.69, 9.17) is 0 Å². The highest BCUT2D eigenvalue weighted by atomic mass is 16.2. The van der Waals surface area contributed by atoms with Crippen molar-refractivity contribution in [2.45, 2.75) is 46.6 Å². The van der Waals surface area contributed by atoms with Crippen LogP contribution < -0.4 is 0 Å². The summed E-state index contributed by atoms with van der Waals surface area (Å²) in [4.78, 5) is 16.2. The van der Waals surface area contributed by atoms with Crippen LogP contribution in [0.1, 0.15) is 41.0 Å². The van der Waals surface area contributed by atoms with Gasteiger partial charge in [-0.3, -0.25) is 4.79 Å². The van der Waals surface area contributed by atoms with E-state index in [9.17, 15) is 4.79 Å². The minimum Gasteiger partial charge on any atom is -0.343 e. The highest BCUT2D eigenvalue weighted by molar-refractivity contribution is 5.78. The Kier molecular flexibility index (Phi) is 6.01. The first-order valence-corrected chi connectivity index (χ1v) is 6.22. The fourth-order valence-electron chi connectivity index (χ4n) is 1.87. The maximum absolute atomic E-state index is 12.1. The summed E-state index contributed by atoms with van der Waals surface area (Å²) in [6.07, 6.45) is 0.898. The molecule has 0 aromatic carbocycles. The fraction of sp³-hybridized carbons (Fsp3) is 0.923. The third kappa shape index (κ3) is 4.12. The standard InChI is InChI=1S/C13H28N2O/c1-8-15(9-2)12(16)11(3)10-13(4,5)14(6)7/h11H,8-10H2,1-7H3. The minimum atomic E-state index is 0.0717. The largest absolute Gasteiger partial charge is 0.343 e. The maximum Gasteiger partial charge on any atom is 0.225 e. The van der Waals surface area contributed by atoms with Gasteiger partial charge in [0, 0.05) is 24.5 Å². The Bertz CT molecular complexity index is 220. The van der Waals surface area contributed by atoms with E-state index in [1.165, 1.54) is 0 Å². The molecule has 0 saturated heterocycles. The normalized spacial score (nSPS) is 14.0. The van der Waals surface area contributed by atoms with Crippen LogP contribution in [0.15, 0.2) is 0 Å². The average molecular weight is 228 g/mol. The average Bonchev–Trinajstić information content (AvgIpc) is 2.18. The number of rotatable bonds is 6. The molecule has 0 saturated carbocycles. The van der Waals surface area contributed by atoms with Crippen molar-refractivity contribution < 1.29 is 4.79 Å². The third-order valence-corrected chi connectivity index (χ3v) is 3.51. The Morgan fingerprint density at radius 1 is 1.19 bits per heavy atom. The van der Waals surface area contributed by atoms with Gasteiger partial charge in [-0.2, -0.15) is 0 Å². The second-order valence-corrected chi connectivity index (χ2v) is 5.32. The summed E-state index contributed by atoms with van der Waals surface area (Å²) < 4.78 is 0. The number of hydrogen-bond acceptors (Lipinski definition) is 2. The van der Waals surface area contributed by atoms with Gasteiger partial charge in [-0.05, 0) is 48.2 Å². The van der Waals surface area contributed by atoms with Crippen LogP contribution in [0.3, 0.4) is 0 Å². The molecule has 0 aliphatic heterocycles. The molecule has 3 heteroatoms. The monoisotopic (exact) mass is 228 g/mol. The smallest absolute Gasteiger partial charge is 0.225 e. The molecule has 0 aliphatic carbocycles. The second kappa shape index (κ2) is 6.24. The zero-order valence-electron chi connectivity index (χ0n) is 12.0. The minimum absolute atomic E-state index is 0.0717. The lowest BCUT2D eigenvalue weighted by molar-refractivity contribution is -0.135. The predicted molar refractivity (Wildman–Crippen MR) is 69.5 cm³/mol. The Hall–Kier alpha value is -0.570. The van der Waals surface area contributed by atoms with Gasteiger partial charge in [0.15, 0.2) is 0 Å². The number of carbonyl (C=O) groups is 1. The SMILES string of the molecule is CCN(CC)C(=O)C(C)CC(C)(C)N(C)C. The highest BCUT2D eigenvalue weighted by Gasteiger charge is 2.28. The fourth-order valence-corrected chi connectivity index (χ4v) is 1.87. The number of amides is 1. The molecule has 1 unspecified atom stereocenters. The zero-order chi connectivity index (χ0) is 12.9. The van der Waals surface area contributed by atoms with Crippen molar-refractivity contribution in [2.24, 2.45) is 5.92 Å². The van der Waals surface area contributed by atoms with E-state index in [0.29, 0.717) is 0 Å². The second-order valence-electron chi connectivity index (χ2n) is 5.32. The van der Waals surface area contributed by atoms with Gasteiger partial charge in [0.1, 0.15) is 0 Å². The first-order chi connectivity index (χ1) is 7.26. The molecule has 0 spiro atoms. The van der Waals surface area contributed by atoms with E-state index >= 15 is 0 Å². The molecule has 0 bridgehead atoms. The van der Waals surface area contributed by atoms with E-state index in [1.54, 1.807) is 0 Å². The Balaban J connectivity index is 4.46. The highest BCUT2D eigenvalue weighted by Crippen LogP contribution is 2.22. The van der Waals surface area contributed by atoms with Crippen molar-refractivity contribution in [1.29, 1.82) is 0 Å². The number of nitrogens with zero attached hydrogens (tertiary/aromatic N) is 2. The van der Waals surface area contributed by atoms with E-state index in [2.05, 4.69) is 32.8 Å². The van der Waals surface area contributed by atoms with E-state index in [0.717, 1.165) is 19.5 Å². The van der Waals surface area contributed by atoms with E-state index < -0.39 is 0 Å². The summed E-state index contributed by atoms with van der Waals surface area (Å²) in [7, 11) is 4.13. The predicted octanol–water partition coefficient (Wildman–Crippen LogP) is 2.22. The first kappa shape index (κ1) is 15.4. The first-order valence-electron chi connectivity index (χ1n) is 6.22. The Morgan fingerprint density at radius 2 is 1.62 bits per heavy atom. The third-order valence-electron chi connectivity index (χ3n) is 3.51. The van der Waals surface area contributed by atoms with Crippen LogP contribution in [0.25, 0.3) is 0 Å². The van der Waals surface area contributed by atoms with Gasteiger partial charge < -0.3 is 9.80 Å². The summed E-state index contributed by atoms with van der Waals surface area (Å²) in [5.74, 6) is 0.372. The van der Waals surface area contributed by atoms with Crippen molar-refractivity contribution in [2.75, 3.05) is 27.2 Å². The quantitative estimate of drug-likeness (QED) is 0.696. The van der Waals surface area contributed by atoms with Crippen molar-refractivity contribution in [1.82, 2.24) is 9.80 Å². The molecule has 0 radical (unpaired) electrons. The molecule has 0 aromatic heterocycles. The van der Waals surface area contributed by atoms with Gasteiger partial charge in [0.05, 0.1) is 0 Å². The molecule has 0 rings (SSSR count). The molecule has 3 nitrogen and oxygen atoms in total. The van der Waals surface area contributed by atoms with Gasteiger partial charge in [0.2, 0.25) is 5.91 Å². The summed E-state index contributed by atoms with van der Waals surface area (Å²) in [5.41, 5.74) is 0.0717. The summed E-state index contributed by atoms with van der Waals surface area (Å²) in [5, 5.41) is 0. The molecular weight excluding hydrogens is 200 g/mol. The molecule has 1 amide bonds. The number of hydrogen-bond donors (Lipinski definition) is 0. The van der Waals surface area contributed by atoms with Crippen LogP contribution in [0.2, 0.25) is 0 Å². The van der Waals surface area contributed by atoms with Crippen LogP contribution in [-0.2, 0) is 4.79 Å². The van der Waals surface area contributed by atoms with E-state index in [-0.39, 0.29) is 17.4 Å². The van der Waals surface area contributed by atoms with Gasteiger partial charge >= 0.3 is 0 Å². The topological polar surface area (TPSA) is 23.6 Å². The molecule has 16 heavy (non-hydrogen) atoms. The molecule has 1 atom stereocenters. The van der Waals surface area contributed by atoms with Crippen molar-refractivity contribution in [3.63, 3.8) is 0 Å². The molecule has 96 valence electrons. The molecular formula is C13H28N2O. The van der Waals surface area contributed by atoms with Crippen LogP contribution >= 0.6 is 0 Å².